The van der Waals surface area contributed by atoms with Crippen molar-refractivity contribution < 1.29 is 19.3 Å². The number of benzene rings is 1. The Labute approximate surface area is 186 Å². The molecule has 0 amide bonds. The lowest BCUT2D eigenvalue weighted by atomic mass is 9.91. The van der Waals surface area contributed by atoms with Gasteiger partial charge in [-0.05, 0) is 44.5 Å². The molecular weight excluding hydrogens is 418 g/mol. The number of hydrogen-bond donors (Lipinski definition) is 1. The monoisotopic (exact) mass is 445 g/mol. The average Bonchev–Trinajstić information content (AvgIpc) is 3.41. The van der Waals surface area contributed by atoms with Gasteiger partial charge < -0.3 is 23.9 Å². The van der Waals surface area contributed by atoms with Crippen LogP contribution in [-0.2, 0) is 14.2 Å². The van der Waals surface area contributed by atoms with Gasteiger partial charge in [-0.15, -0.1) is 0 Å². The Hall–Kier alpha value is -2.03. The number of rotatable bonds is 3. The molecule has 2 aliphatic rings. The van der Waals surface area contributed by atoms with Crippen LogP contribution >= 0.6 is 11.6 Å². The molecule has 7 nitrogen and oxygen atoms in total. The number of aryl methyl sites for hydroxylation is 1. The van der Waals surface area contributed by atoms with E-state index in [1.807, 2.05) is 61.9 Å². The number of ether oxygens (including phenoxy) is 3. The second-order valence-corrected chi connectivity index (χ2v) is 8.75. The SMILES string of the molecule is CO.Cc1ncnc2c1ccn2C1O[C@H](C(C)c2ccc(Cl)cc2)[C@H]2OC(C)(C)O[C@@H]12. The topological polar surface area (TPSA) is 78.6 Å². The quantitative estimate of drug-likeness (QED) is 0.650. The predicted molar refractivity (Wildman–Crippen MR) is 118 cm³/mol. The largest absolute Gasteiger partial charge is 0.400 e. The van der Waals surface area contributed by atoms with E-state index in [1.54, 1.807) is 6.33 Å². The first kappa shape index (κ1) is 22.2. The van der Waals surface area contributed by atoms with Crippen LogP contribution in [0.5, 0.6) is 0 Å². The van der Waals surface area contributed by atoms with Crippen molar-refractivity contribution in [2.24, 2.45) is 0 Å². The van der Waals surface area contributed by atoms with Gasteiger partial charge in [0.15, 0.2) is 12.0 Å². The zero-order chi connectivity index (χ0) is 22.3. The van der Waals surface area contributed by atoms with Crippen molar-refractivity contribution >= 4 is 22.6 Å². The normalized spacial score (nSPS) is 27.6. The Morgan fingerprint density at radius 2 is 1.74 bits per heavy atom. The third-order valence-electron chi connectivity index (χ3n) is 5.94. The lowest BCUT2D eigenvalue weighted by Gasteiger charge is -2.28. The first-order valence-corrected chi connectivity index (χ1v) is 10.7. The summed E-state index contributed by atoms with van der Waals surface area (Å²) in [5.74, 6) is -0.552. The third kappa shape index (κ3) is 3.97. The van der Waals surface area contributed by atoms with Crippen LogP contribution in [0.2, 0.25) is 5.02 Å². The summed E-state index contributed by atoms with van der Waals surface area (Å²) in [7, 11) is 1.00. The maximum atomic E-state index is 7.00. The summed E-state index contributed by atoms with van der Waals surface area (Å²) in [6, 6.07) is 9.93. The highest BCUT2D eigenvalue weighted by Crippen LogP contribution is 2.47. The highest BCUT2D eigenvalue weighted by Gasteiger charge is 2.57. The number of aliphatic hydroxyl groups is 1. The molecule has 0 saturated carbocycles. The highest BCUT2D eigenvalue weighted by molar-refractivity contribution is 6.30. The Morgan fingerprint density at radius 3 is 2.45 bits per heavy atom. The van der Waals surface area contributed by atoms with Gasteiger partial charge in [-0.1, -0.05) is 30.7 Å². The maximum absolute atomic E-state index is 7.00. The third-order valence-corrected chi connectivity index (χ3v) is 6.19. The molecular formula is C23H28ClN3O4. The van der Waals surface area contributed by atoms with Gasteiger partial charge in [0.05, 0.1) is 11.8 Å². The summed E-state index contributed by atoms with van der Waals surface area (Å²) < 4.78 is 21.2. The number of fused-ring (bicyclic) bond motifs is 2. The molecule has 5 rings (SSSR count). The molecule has 31 heavy (non-hydrogen) atoms. The van der Waals surface area contributed by atoms with Gasteiger partial charge in [0, 0.05) is 29.6 Å². The van der Waals surface area contributed by atoms with Crippen molar-refractivity contribution in [1.82, 2.24) is 14.5 Å². The average molecular weight is 446 g/mol. The molecule has 0 aliphatic carbocycles. The number of aromatic nitrogens is 3. The first-order valence-electron chi connectivity index (χ1n) is 10.3. The van der Waals surface area contributed by atoms with Crippen LogP contribution in [0.4, 0.5) is 0 Å². The molecule has 2 saturated heterocycles. The van der Waals surface area contributed by atoms with Crippen LogP contribution in [0.15, 0.2) is 42.9 Å². The van der Waals surface area contributed by atoms with Crippen LogP contribution in [0.1, 0.15) is 44.2 Å². The number of nitrogens with zero attached hydrogens (tertiary/aromatic N) is 3. The Morgan fingerprint density at radius 1 is 1.06 bits per heavy atom. The van der Waals surface area contributed by atoms with E-state index >= 15 is 0 Å². The molecule has 0 spiro atoms. The molecule has 166 valence electrons. The van der Waals surface area contributed by atoms with E-state index in [0.29, 0.717) is 0 Å². The minimum atomic E-state index is -0.664. The molecule has 8 heteroatoms. The number of aliphatic hydroxyl groups excluding tert-OH is 1. The van der Waals surface area contributed by atoms with E-state index in [2.05, 4.69) is 16.9 Å². The second-order valence-electron chi connectivity index (χ2n) is 8.32. The van der Waals surface area contributed by atoms with Gasteiger partial charge in [0.1, 0.15) is 24.2 Å². The van der Waals surface area contributed by atoms with Gasteiger partial charge >= 0.3 is 0 Å². The van der Waals surface area contributed by atoms with E-state index < -0.39 is 5.79 Å². The minimum Gasteiger partial charge on any atom is -0.400 e. The fraction of sp³-hybridized carbons (Fsp3) is 0.478. The Balaban J connectivity index is 0.00000112. The van der Waals surface area contributed by atoms with Crippen LogP contribution in [0.25, 0.3) is 11.0 Å². The second kappa shape index (κ2) is 8.48. The summed E-state index contributed by atoms with van der Waals surface area (Å²) in [6.07, 6.45) is 2.70. The number of hydrogen-bond acceptors (Lipinski definition) is 6. The summed E-state index contributed by atoms with van der Waals surface area (Å²) in [5.41, 5.74) is 2.94. The van der Waals surface area contributed by atoms with Crippen molar-refractivity contribution in [3.8, 4) is 0 Å². The molecule has 2 unspecified atom stereocenters. The van der Waals surface area contributed by atoms with Gasteiger partial charge in [-0.25, -0.2) is 9.97 Å². The first-order chi connectivity index (χ1) is 14.8. The predicted octanol–water partition coefficient (Wildman–Crippen LogP) is 4.22. The van der Waals surface area contributed by atoms with Gasteiger partial charge in [-0.3, -0.25) is 0 Å². The van der Waals surface area contributed by atoms with Crippen LogP contribution in [-0.4, -0.2) is 50.9 Å². The summed E-state index contributed by atoms with van der Waals surface area (Å²) in [6.45, 7) is 8.04. The lowest BCUT2D eigenvalue weighted by Crippen LogP contribution is -2.33. The van der Waals surface area contributed by atoms with Crippen molar-refractivity contribution in [2.45, 2.75) is 63.9 Å². The maximum Gasteiger partial charge on any atom is 0.164 e. The van der Waals surface area contributed by atoms with E-state index in [-0.39, 0.29) is 30.5 Å². The lowest BCUT2D eigenvalue weighted by molar-refractivity contribution is -0.198. The standard InChI is InChI=1S/C22H24ClN3O3.CH4O/c1-12(14-5-7-15(23)8-6-14)17-18-19(29-22(3,4)28-18)21(27-17)26-10-9-16-13(2)24-11-25-20(16)26;1-2/h5-12,17-19,21H,1-4H3;2H,1H3/t12?,17-,18-,19-,21?;/m1./s1. The van der Waals surface area contributed by atoms with E-state index in [1.165, 1.54) is 0 Å². The van der Waals surface area contributed by atoms with Crippen molar-refractivity contribution in [3.63, 3.8) is 0 Å². The Kier molecular flexibility index (Phi) is 6.07. The van der Waals surface area contributed by atoms with Crippen molar-refractivity contribution in [3.05, 3.63) is 59.1 Å². The fourth-order valence-electron chi connectivity index (χ4n) is 4.49. The summed E-state index contributed by atoms with van der Waals surface area (Å²) >= 11 is 6.07. The molecule has 2 fully saturated rings. The Bertz CT molecular complexity index is 1050. The smallest absolute Gasteiger partial charge is 0.164 e. The molecule has 1 N–H and O–H groups in total. The zero-order valence-corrected chi connectivity index (χ0v) is 19.1. The number of halogens is 1. The molecule has 0 radical (unpaired) electrons. The van der Waals surface area contributed by atoms with Crippen molar-refractivity contribution in [2.75, 3.05) is 7.11 Å². The van der Waals surface area contributed by atoms with Gasteiger partial charge in [0.25, 0.3) is 0 Å². The van der Waals surface area contributed by atoms with E-state index in [9.17, 15) is 0 Å². The molecule has 2 aliphatic heterocycles. The van der Waals surface area contributed by atoms with Crippen LogP contribution in [0, 0.1) is 6.92 Å². The molecule has 2 aromatic heterocycles. The van der Waals surface area contributed by atoms with E-state index in [4.69, 9.17) is 30.9 Å². The van der Waals surface area contributed by atoms with Crippen LogP contribution < -0.4 is 0 Å². The molecule has 0 bridgehead atoms. The molecule has 1 aromatic carbocycles. The molecule has 5 atom stereocenters. The zero-order valence-electron chi connectivity index (χ0n) is 18.3. The summed E-state index contributed by atoms with van der Waals surface area (Å²) in [4.78, 5) is 8.79. The van der Waals surface area contributed by atoms with Crippen LogP contribution in [0.3, 0.4) is 0 Å². The van der Waals surface area contributed by atoms with Gasteiger partial charge in [-0.2, -0.15) is 0 Å². The molecule has 4 heterocycles. The summed E-state index contributed by atoms with van der Waals surface area (Å²) in [5, 5.41) is 8.74. The highest BCUT2D eigenvalue weighted by atomic mass is 35.5. The minimum absolute atomic E-state index is 0.112. The van der Waals surface area contributed by atoms with E-state index in [0.717, 1.165) is 34.4 Å². The fourth-order valence-corrected chi connectivity index (χ4v) is 4.62. The van der Waals surface area contributed by atoms with Crippen molar-refractivity contribution in [1.29, 1.82) is 0 Å². The molecule has 3 aromatic rings. The van der Waals surface area contributed by atoms with Gasteiger partial charge in [0.2, 0.25) is 0 Å².